The van der Waals surface area contributed by atoms with E-state index < -0.39 is 0 Å². The third-order valence-corrected chi connectivity index (χ3v) is 6.85. The number of hydrogen-bond donors (Lipinski definition) is 0. The molecule has 1 saturated heterocycles. The predicted molar refractivity (Wildman–Crippen MR) is 143 cm³/mol. The number of anilines is 1. The van der Waals surface area contributed by atoms with Crippen molar-refractivity contribution < 1.29 is 14.3 Å². The van der Waals surface area contributed by atoms with E-state index in [9.17, 15) is 4.79 Å². The fourth-order valence-electron chi connectivity index (χ4n) is 4.98. The molecule has 1 aliphatic rings. The molecular formula is C32H31NO3. The highest BCUT2D eigenvalue weighted by Crippen LogP contribution is 2.48. The number of benzene rings is 4. The summed E-state index contributed by atoms with van der Waals surface area (Å²) in [6.45, 7) is 0.525. The summed E-state index contributed by atoms with van der Waals surface area (Å²) in [7, 11) is 1.65. The first-order valence-corrected chi connectivity index (χ1v) is 12.5. The zero-order valence-corrected chi connectivity index (χ0v) is 20.5. The average molecular weight is 478 g/mol. The van der Waals surface area contributed by atoms with Crippen LogP contribution in [0.5, 0.6) is 11.5 Å². The highest BCUT2D eigenvalue weighted by molar-refractivity contribution is 6.04. The van der Waals surface area contributed by atoms with Gasteiger partial charge in [0.05, 0.1) is 24.8 Å². The molecule has 5 rings (SSSR count). The smallest absolute Gasteiger partial charge is 0.233 e. The minimum Gasteiger partial charge on any atom is -0.495 e. The minimum absolute atomic E-state index is 0.0345. The van der Waals surface area contributed by atoms with E-state index in [1.807, 2.05) is 65.6 Å². The molecule has 2 unspecified atom stereocenters. The number of β-lactam (4-membered cyclic amide) rings is 1. The zero-order chi connectivity index (χ0) is 24.7. The molecule has 0 radical (unpaired) electrons. The Morgan fingerprint density at radius 3 is 2.08 bits per heavy atom. The molecule has 4 heteroatoms. The number of para-hydroxylation sites is 2. The van der Waals surface area contributed by atoms with Crippen LogP contribution in [0.4, 0.5) is 5.69 Å². The Morgan fingerprint density at radius 2 is 1.39 bits per heavy atom. The minimum atomic E-state index is -0.0605. The van der Waals surface area contributed by atoms with E-state index in [1.54, 1.807) is 7.11 Å². The number of rotatable bonds is 10. The van der Waals surface area contributed by atoms with Crippen molar-refractivity contribution in [1.82, 2.24) is 0 Å². The van der Waals surface area contributed by atoms with Gasteiger partial charge in [0.15, 0.2) is 0 Å². The highest BCUT2D eigenvalue weighted by atomic mass is 16.5. The van der Waals surface area contributed by atoms with Gasteiger partial charge in [0, 0.05) is 0 Å². The van der Waals surface area contributed by atoms with Gasteiger partial charge in [-0.2, -0.15) is 0 Å². The molecule has 1 fully saturated rings. The second kappa shape index (κ2) is 11.1. The van der Waals surface area contributed by atoms with Gasteiger partial charge in [-0.3, -0.25) is 4.79 Å². The van der Waals surface area contributed by atoms with Crippen LogP contribution >= 0.6 is 0 Å². The molecule has 0 bridgehead atoms. The van der Waals surface area contributed by atoms with E-state index in [2.05, 4.69) is 48.5 Å². The molecule has 1 aliphatic heterocycles. The Kier molecular flexibility index (Phi) is 7.32. The fraction of sp³-hybridized carbons (Fsp3) is 0.219. The van der Waals surface area contributed by atoms with Crippen LogP contribution in [-0.4, -0.2) is 13.0 Å². The van der Waals surface area contributed by atoms with E-state index in [4.69, 9.17) is 9.47 Å². The van der Waals surface area contributed by atoms with Crippen molar-refractivity contribution in [1.29, 1.82) is 0 Å². The van der Waals surface area contributed by atoms with Gasteiger partial charge in [-0.25, -0.2) is 0 Å². The first kappa shape index (κ1) is 23.7. The van der Waals surface area contributed by atoms with E-state index in [-0.39, 0.29) is 17.9 Å². The average Bonchev–Trinajstić information content (AvgIpc) is 2.94. The van der Waals surface area contributed by atoms with E-state index in [1.165, 1.54) is 5.56 Å². The standard InChI is InChI=1S/C32H31NO3/c1-35-30-18-9-8-17-29(30)33-31(28(32(33)34)16-10-15-24-11-4-2-5-12-24)26-19-21-27(22-20-26)36-23-25-13-6-3-7-14-25/h2-9,11-14,17-22,28,31H,10,15-16,23H2,1H3. The molecular weight excluding hydrogens is 446 g/mol. The number of carbonyl (C=O) groups is 1. The van der Waals surface area contributed by atoms with Crippen LogP contribution in [0.1, 0.15) is 35.6 Å². The van der Waals surface area contributed by atoms with Crippen LogP contribution in [0.15, 0.2) is 109 Å². The summed E-state index contributed by atoms with van der Waals surface area (Å²) in [5.41, 5.74) is 4.37. The first-order chi connectivity index (χ1) is 17.7. The SMILES string of the molecule is COc1ccccc1N1C(=O)C(CCCc2ccccc2)C1c1ccc(OCc2ccccc2)cc1. The topological polar surface area (TPSA) is 38.8 Å². The summed E-state index contributed by atoms with van der Waals surface area (Å²) in [6, 6.07) is 36.5. The Hall–Kier alpha value is -4.05. The van der Waals surface area contributed by atoms with Crippen LogP contribution < -0.4 is 14.4 Å². The molecule has 182 valence electrons. The Bertz CT molecular complexity index is 1270. The lowest BCUT2D eigenvalue weighted by Crippen LogP contribution is -2.55. The maximum absolute atomic E-state index is 13.4. The molecule has 1 amide bonds. The van der Waals surface area contributed by atoms with Gasteiger partial charge in [0.25, 0.3) is 0 Å². The number of aryl methyl sites for hydroxylation is 1. The highest BCUT2D eigenvalue weighted by Gasteiger charge is 2.49. The van der Waals surface area contributed by atoms with Crippen molar-refractivity contribution in [3.05, 3.63) is 126 Å². The summed E-state index contributed by atoms with van der Waals surface area (Å²) < 4.78 is 11.6. The summed E-state index contributed by atoms with van der Waals surface area (Å²) in [6.07, 6.45) is 2.78. The fourth-order valence-corrected chi connectivity index (χ4v) is 4.98. The second-order valence-corrected chi connectivity index (χ2v) is 9.15. The number of ether oxygens (including phenoxy) is 2. The number of hydrogen-bond acceptors (Lipinski definition) is 3. The lowest BCUT2D eigenvalue weighted by molar-refractivity contribution is -0.130. The predicted octanol–water partition coefficient (Wildman–Crippen LogP) is 7.00. The third-order valence-electron chi connectivity index (χ3n) is 6.85. The molecule has 1 heterocycles. The Balaban J connectivity index is 1.34. The lowest BCUT2D eigenvalue weighted by Gasteiger charge is -2.48. The molecule has 4 nitrogen and oxygen atoms in total. The van der Waals surface area contributed by atoms with Crippen LogP contribution in [0, 0.1) is 5.92 Å². The molecule has 36 heavy (non-hydrogen) atoms. The van der Waals surface area contributed by atoms with E-state index >= 15 is 0 Å². The van der Waals surface area contributed by atoms with Gasteiger partial charge in [-0.15, -0.1) is 0 Å². The summed E-state index contributed by atoms with van der Waals surface area (Å²) in [5.74, 6) is 1.62. The van der Waals surface area contributed by atoms with Gasteiger partial charge in [-0.05, 0) is 60.2 Å². The van der Waals surface area contributed by atoms with E-state index in [0.29, 0.717) is 12.4 Å². The van der Waals surface area contributed by atoms with Gasteiger partial charge in [0.1, 0.15) is 18.1 Å². The van der Waals surface area contributed by atoms with Gasteiger partial charge in [-0.1, -0.05) is 84.9 Å². The Labute approximate surface area is 213 Å². The van der Waals surface area contributed by atoms with Crippen LogP contribution in [0.3, 0.4) is 0 Å². The number of carbonyl (C=O) groups excluding carboxylic acids is 1. The van der Waals surface area contributed by atoms with E-state index in [0.717, 1.165) is 41.8 Å². The summed E-state index contributed by atoms with van der Waals surface area (Å²) in [4.78, 5) is 15.3. The molecule has 0 aromatic heterocycles. The maximum atomic E-state index is 13.4. The third kappa shape index (κ3) is 5.13. The van der Waals surface area contributed by atoms with Crippen molar-refractivity contribution >= 4 is 11.6 Å². The van der Waals surface area contributed by atoms with Gasteiger partial charge in [0.2, 0.25) is 5.91 Å². The van der Waals surface area contributed by atoms with Crippen LogP contribution in [0.25, 0.3) is 0 Å². The molecule has 0 N–H and O–H groups in total. The molecule has 0 saturated carbocycles. The normalized spacial score (nSPS) is 16.9. The monoisotopic (exact) mass is 477 g/mol. The number of methoxy groups -OCH3 is 1. The number of nitrogens with zero attached hydrogens (tertiary/aromatic N) is 1. The van der Waals surface area contributed by atoms with Crippen molar-refractivity contribution in [2.75, 3.05) is 12.0 Å². The maximum Gasteiger partial charge on any atom is 0.233 e. The van der Waals surface area contributed by atoms with Crippen LogP contribution in [0.2, 0.25) is 0 Å². The van der Waals surface area contributed by atoms with Crippen LogP contribution in [-0.2, 0) is 17.8 Å². The number of amides is 1. The van der Waals surface area contributed by atoms with Crippen molar-refractivity contribution in [3.63, 3.8) is 0 Å². The molecule has 0 spiro atoms. The molecule has 2 atom stereocenters. The zero-order valence-electron chi connectivity index (χ0n) is 20.5. The van der Waals surface area contributed by atoms with Gasteiger partial charge >= 0.3 is 0 Å². The first-order valence-electron chi connectivity index (χ1n) is 12.5. The van der Waals surface area contributed by atoms with Crippen molar-refractivity contribution in [2.24, 2.45) is 5.92 Å². The van der Waals surface area contributed by atoms with Crippen molar-refractivity contribution in [2.45, 2.75) is 31.9 Å². The molecule has 0 aliphatic carbocycles. The Morgan fingerprint density at radius 1 is 0.750 bits per heavy atom. The largest absolute Gasteiger partial charge is 0.495 e. The summed E-state index contributed by atoms with van der Waals surface area (Å²) in [5, 5.41) is 0. The molecule has 4 aromatic rings. The lowest BCUT2D eigenvalue weighted by atomic mass is 9.78. The molecule has 4 aromatic carbocycles. The summed E-state index contributed by atoms with van der Waals surface area (Å²) >= 11 is 0. The van der Waals surface area contributed by atoms with Gasteiger partial charge < -0.3 is 14.4 Å². The quantitative estimate of drug-likeness (QED) is 0.231. The second-order valence-electron chi connectivity index (χ2n) is 9.15. The van der Waals surface area contributed by atoms with Crippen molar-refractivity contribution in [3.8, 4) is 11.5 Å².